The number of aliphatic hydroxyl groups is 1. The average Bonchev–Trinajstić information content (AvgIpc) is 2.84. The molecule has 0 aromatic carbocycles. The molecule has 1 N–H and O–H groups in total. The van der Waals surface area contributed by atoms with Gasteiger partial charge < -0.3 is 19.8 Å². The molecule has 0 saturated carbocycles. The number of pyridine rings is 1. The summed E-state index contributed by atoms with van der Waals surface area (Å²) in [6.07, 6.45) is 14.7. The Morgan fingerprint density at radius 2 is 1.90 bits per heavy atom. The number of rotatable bonds is 11. The van der Waals surface area contributed by atoms with Crippen molar-refractivity contribution in [3.63, 3.8) is 0 Å². The molecule has 0 bridgehead atoms. The van der Waals surface area contributed by atoms with Crippen LogP contribution in [0.1, 0.15) is 39.5 Å². The van der Waals surface area contributed by atoms with Gasteiger partial charge in [-0.3, -0.25) is 9.98 Å². The van der Waals surface area contributed by atoms with Gasteiger partial charge >= 0.3 is 0 Å². The molecule has 1 atom stereocenters. The first-order chi connectivity index (χ1) is 15.2. The van der Waals surface area contributed by atoms with Crippen LogP contribution in [0, 0.1) is 5.92 Å². The van der Waals surface area contributed by atoms with E-state index in [4.69, 9.17) is 10.1 Å². The second kappa shape index (κ2) is 12.5. The van der Waals surface area contributed by atoms with Crippen LogP contribution in [-0.2, 0) is 0 Å². The molecule has 0 amide bonds. The normalized spacial score (nSPS) is 18.2. The first kappa shape index (κ1) is 23.3. The number of anilines is 1. The molecule has 1 fully saturated rings. The lowest BCUT2D eigenvalue weighted by molar-refractivity contribution is 0.261. The summed E-state index contributed by atoms with van der Waals surface area (Å²) in [4.78, 5) is 16.3. The summed E-state index contributed by atoms with van der Waals surface area (Å²) < 4.78 is 0. The van der Waals surface area contributed by atoms with Crippen molar-refractivity contribution in [2.75, 3.05) is 57.3 Å². The third kappa shape index (κ3) is 6.82. The van der Waals surface area contributed by atoms with E-state index in [0.29, 0.717) is 5.92 Å². The van der Waals surface area contributed by atoms with Gasteiger partial charge in [0, 0.05) is 76.4 Å². The highest BCUT2D eigenvalue weighted by Crippen LogP contribution is 2.24. The molecule has 3 rings (SSSR count). The van der Waals surface area contributed by atoms with Crippen molar-refractivity contribution in [1.82, 2.24) is 14.8 Å². The molecular formula is C25H39N5O. The molecular weight excluding hydrogens is 386 g/mol. The average molecular weight is 426 g/mol. The molecule has 1 aromatic heterocycles. The third-order valence-electron chi connectivity index (χ3n) is 6.22. The Labute approximate surface area is 188 Å². The Kier molecular flexibility index (Phi) is 9.40. The van der Waals surface area contributed by atoms with Gasteiger partial charge in [0.05, 0.1) is 11.4 Å². The fourth-order valence-electron chi connectivity index (χ4n) is 4.35. The van der Waals surface area contributed by atoms with Crippen LogP contribution in [0.3, 0.4) is 0 Å². The molecule has 0 spiro atoms. The van der Waals surface area contributed by atoms with Gasteiger partial charge in [0.15, 0.2) is 0 Å². The lowest BCUT2D eigenvalue weighted by Gasteiger charge is -2.40. The van der Waals surface area contributed by atoms with Gasteiger partial charge in [-0.25, -0.2) is 0 Å². The maximum atomic E-state index is 9.03. The number of hydrogen-bond acceptors (Lipinski definition) is 6. The summed E-state index contributed by atoms with van der Waals surface area (Å²) in [6.45, 7) is 11.7. The zero-order valence-corrected chi connectivity index (χ0v) is 19.3. The maximum absolute atomic E-state index is 9.03. The minimum absolute atomic E-state index is 0.257. The second-order valence-corrected chi connectivity index (χ2v) is 8.39. The molecule has 1 unspecified atom stereocenters. The van der Waals surface area contributed by atoms with Crippen molar-refractivity contribution >= 4 is 11.4 Å². The molecule has 2 aliphatic rings. The van der Waals surface area contributed by atoms with Crippen LogP contribution in [0.15, 0.2) is 53.6 Å². The van der Waals surface area contributed by atoms with Gasteiger partial charge in [-0.2, -0.15) is 0 Å². The molecule has 1 saturated heterocycles. The summed E-state index contributed by atoms with van der Waals surface area (Å²) in [6, 6.07) is 4.20. The minimum Gasteiger partial charge on any atom is -0.396 e. The monoisotopic (exact) mass is 425 g/mol. The zero-order valence-electron chi connectivity index (χ0n) is 19.3. The van der Waals surface area contributed by atoms with E-state index >= 15 is 0 Å². The fraction of sp³-hybridized carbons (Fsp3) is 0.600. The fourth-order valence-corrected chi connectivity index (χ4v) is 4.35. The van der Waals surface area contributed by atoms with Gasteiger partial charge in [-0.15, -0.1) is 0 Å². The van der Waals surface area contributed by atoms with Crippen molar-refractivity contribution in [3.05, 3.63) is 48.6 Å². The highest BCUT2D eigenvalue weighted by Gasteiger charge is 2.25. The quantitative estimate of drug-likeness (QED) is 0.587. The van der Waals surface area contributed by atoms with Crippen molar-refractivity contribution in [3.8, 4) is 0 Å². The number of allylic oxidation sites excluding steroid dienone is 2. The lowest BCUT2D eigenvalue weighted by atomic mass is 9.94. The number of aliphatic imine (C=N–C) groups is 1. The van der Waals surface area contributed by atoms with E-state index in [-0.39, 0.29) is 6.61 Å². The third-order valence-corrected chi connectivity index (χ3v) is 6.22. The van der Waals surface area contributed by atoms with Crippen LogP contribution in [0.2, 0.25) is 0 Å². The maximum Gasteiger partial charge on any atom is 0.0606 e. The van der Waals surface area contributed by atoms with Crippen molar-refractivity contribution < 1.29 is 5.11 Å². The molecule has 3 heterocycles. The lowest BCUT2D eigenvalue weighted by Crippen LogP contribution is -2.47. The molecule has 170 valence electrons. The topological polar surface area (TPSA) is 55.2 Å². The molecule has 0 aliphatic carbocycles. The molecule has 0 radical (unpaired) electrons. The van der Waals surface area contributed by atoms with Gasteiger partial charge in [0.25, 0.3) is 0 Å². The Morgan fingerprint density at radius 1 is 1.16 bits per heavy atom. The van der Waals surface area contributed by atoms with E-state index in [1.807, 2.05) is 12.4 Å². The molecule has 1 aromatic rings. The summed E-state index contributed by atoms with van der Waals surface area (Å²) >= 11 is 0. The van der Waals surface area contributed by atoms with Crippen LogP contribution >= 0.6 is 0 Å². The summed E-state index contributed by atoms with van der Waals surface area (Å²) in [5.74, 6) is 0.460. The molecule has 31 heavy (non-hydrogen) atoms. The second-order valence-electron chi connectivity index (χ2n) is 8.39. The van der Waals surface area contributed by atoms with E-state index in [1.54, 1.807) is 0 Å². The van der Waals surface area contributed by atoms with Crippen LogP contribution in [0.4, 0.5) is 5.69 Å². The van der Waals surface area contributed by atoms with Crippen molar-refractivity contribution in [1.29, 1.82) is 0 Å². The largest absolute Gasteiger partial charge is 0.396 e. The predicted molar refractivity (Wildman–Crippen MR) is 130 cm³/mol. The van der Waals surface area contributed by atoms with Crippen LogP contribution < -0.4 is 4.90 Å². The Hall–Kier alpha value is -2.34. The van der Waals surface area contributed by atoms with E-state index in [1.165, 1.54) is 17.1 Å². The number of piperazine rings is 1. The summed E-state index contributed by atoms with van der Waals surface area (Å²) in [5, 5.41) is 9.03. The molecule has 6 heteroatoms. The van der Waals surface area contributed by atoms with Gasteiger partial charge in [-0.1, -0.05) is 19.1 Å². The number of hydrogen-bond donors (Lipinski definition) is 1. The Bertz CT molecular complexity index is 738. The Morgan fingerprint density at radius 3 is 2.61 bits per heavy atom. The molecule has 6 nitrogen and oxygen atoms in total. The van der Waals surface area contributed by atoms with E-state index < -0.39 is 0 Å². The number of dihydropyridines is 1. The smallest absolute Gasteiger partial charge is 0.0606 e. The first-order valence-corrected chi connectivity index (χ1v) is 11.9. The molecule has 2 aliphatic heterocycles. The highest BCUT2D eigenvalue weighted by molar-refractivity contribution is 6.01. The number of aliphatic hydroxyl groups excluding tert-OH is 1. The van der Waals surface area contributed by atoms with Crippen molar-refractivity contribution in [2.24, 2.45) is 10.9 Å². The van der Waals surface area contributed by atoms with E-state index in [2.05, 4.69) is 64.0 Å². The standard InChI is InChI=1S/C25H39N5O/c1-3-28(16-7-21-31)15-5-4-8-22(2)25-24(9-6-12-27-25)30-19-17-29(18-20-30)23-10-13-26-14-11-23/h5,9-11,13-15,22,31H,3-4,6-8,12,16-21H2,1-2H3/b15-5-. The first-order valence-electron chi connectivity index (χ1n) is 11.9. The number of nitrogens with zero attached hydrogens (tertiary/aromatic N) is 5. The van der Waals surface area contributed by atoms with E-state index in [0.717, 1.165) is 71.5 Å². The van der Waals surface area contributed by atoms with Gasteiger partial charge in [0.1, 0.15) is 0 Å². The van der Waals surface area contributed by atoms with Crippen LogP contribution in [-0.4, -0.2) is 78.0 Å². The number of aromatic nitrogens is 1. The highest BCUT2D eigenvalue weighted by atomic mass is 16.3. The van der Waals surface area contributed by atoms with Crippen molar-refractivity contribution in [2.45, 2.75) is 39.5 Å². The predicted octanol–water partition coefficient (Wildman–Crippen LogP) is 3.57. The minimum atomic E-state index is 0.257. The van der Waals surface area contributed by atoms with Crippen LogP contribution in [0.25, 0.3) is 0 Å². The van der Waals surface area contributed by atoms with E-state index in [9.17, 15) is 0 Å². The summed E-state index contributed by atoms with van der Waals surface area (Å²) in [7, 11) is 0. The van der Waals surface area contributed by atoms with Crippen LogP contribution in [0.5, 0.6) is 0 Å². The Balaban J connectivity index is 1.50. The summed E-state index contributed by atoms with van der Waals surface area (Å²) in [5.41, 5.74) is 3.93. The zero-order chi connectivity index (χ0) is 21.9. The SMILES string of the molecule is CCN(/C=C\CCC(C)C1=NCCC=C1N1CCN(c2ccncc2)CC1)CCCO. The van der Waals surface area contributed by atoms with Gasteiger partial charge in [0.2, 0.25) is 0 Å². The van der Waals surface area contributed by atoms with Gasteiger partial charge in [-0.05, 0) is 50.9 Å².